The Labute approximate surface area is 95.1 Å². The van der Waals surface area contributed by atoms with E-state index in [0.717, 1.165) is 0 Å². The van der Waals surface area contributed by atoms with Gasteiger partial charge in [-0.05, 0) is 24.3 Å². The lowest BCUT2D eigenvalue weighted by Gasteiger charge is -1.93. The van der Waals surface area contributed by atoms with Crippen LogP contribution in [0.25, 0.3) is 11.4 Å². The van der Waals surface area contributed by atoms with Gasteiger partial charge < -0.3 is 14.9 Å². The average Bonchev–Trinajstić information content (AvgIpc) is 2.76. The third-order valence-electron chi connectivity index (χ3n) is 1.96. The Morgan fingerprint density at radius 3 is 2.76 bits per heavy atom. The van der Waals surface area contributed by atoms with E-state index in [4.69, 9.17) is 9.63 Å². The fourth-order valence-electron chi connectivity index (χ4n) is 1.19. The van der Waals surface area contributed by atoms with Gasteiger partial charge in [0.2, 0.25) is 11.7 Å². The van der Waals surface area contributed by atoms with Gasteiger partial charge in [0.05, 0.1) is 0 Å². The summed E-state index contributed by atoms with van der Waals surface area (Å²) in [7, 11) is 0. The van der Waals surface area contributed by atoms with Crippen LogP contribution in [0.5, 0.6) is 0 Å². The van der Waals surface area contributed by atoms with E-state index in [-0.39, 0.29) is 24.1 Å². The lowest BCUT2D eigenvalue weighted by atomic mass is 10.2. The van der Waals surface area contributed by atoms with Gasteiger partial charge in [-0.2, -0.15) is 4.98 Å². The first-order chi connectivity index (χ1) is 8.15. The Bertz CT molecular complexity index is 524. The molecule has 1 aromatic carbocycles. The van der Waals surface area contributed by atoms with Crippen molar-refractivity contribution in [3.8, 4) is 11.4 Å². The highest BCUT2D eigenvalue weighted by atomic mass is 19.1. The maximum Gasteiger partial charge on any atom is 0.405 e. The Morgan fingerprint density at radius 2 is 2.12 bits per heavy atom. The van der Waals surface area contributed by atoms with Crippen molar-refractivity contribution in [3.63, 3.8) is 0 Å². The summed E-state index contributed by atoms with van der Waals surface area (Å²) in [6.07, 6.45) is -1.17. The van der Waals surface area contributed by atoms with Crippen LogP contribution in [0.1, 0.15) is 5.89 Å². The van der Waals surface area contributed by atoms with E-state index in [2.05, 4.69) is 15.5 Å². The van der Waals surface area contributed by atoms with Gasteiger partial charge in [-0.3, -0.25) is 0 Å². The molecular weight excluding hydrogens is 229 g/mol. The largest absolute Gasteiger partial charge is 0.465 e. The second-order valence-electron chi connectivity index (χ2n) is 3.18. The van der Waals surface area contributed by atoms with Crippen molar-refractivity contribution in [1.29, 1.82) is 0 Å². The molecule has 2 rings (SSSR count). The summed E-state index contributed by atoms with van der Waals surface area (Å²) in [5, 5.41) is 14.1. The molecule has 0 aliphatic heterocycles. The maximum absolute atomic E-state index is 12.7. The predicted molar refractivity (Wildman–Crippen MR) is 54.6 cm³/mol. The molecule has 7 heteroatoms. The van der Waals surface area contributed by atoms with E-state index in [1.54, 1.807) is 0 Å². The molecule has 17 heavy (non-hydrogen) atoms. The topological polar surface area (TPSA) is 88.2 Å². The van der Waals surface area contributed by atoms with Crippen molar-refractivity contribution in [2.45, 2.75) is 6.54 Å². The quantitative estimate of drug-likeness (QED) is 0.847. The molecule has 1 aromatic heterocycles. The highest BCUT2D eigenvalue weighted by molar-refractivity contribution is 5.64. The number of carbonyl (C=O) groups is 1. The molecule has 0 spiro atoms. The zero-order chi connectivity index (χ0) is 12.3. The van der Waals surface area contributed by atoms with Crippen molar-refractivity contribution in [3.05, 3.63) is 36.0 Å². The van der Waals surface area contributed by atoms with Crippen molar-refractivity contribution >= 4 is 6.09 Å². The van der Waals surface area contributed by atoms with Crippen molar-refractivity contribution in [2.75, 3.05) is 0 Å². The minimum absolute atomic E-state index is 0.0659. The monoisotopic (exact) mass is 237 g/mol. The van der Waals surface area contributed by atoms with Crippen LogP contribution in [0.15, 0.2) is 28.8 Å². The molecule has 0 bridgehead atoms. The van der Waals surface area contributed by atoms with Crippen molar-refractivity contribution in [2.24, 2.45) is 0 Å². The molecule has 0 fully saturated rings. The fraction of sp³-hybridized carbons (Fsp3) is 0.100. The second-order valence-corrected chi connectivity index (χ2v) is 3.18. The van der Waals surface area contributed by atoms with Crippen LogP contribution in [-0.4, -0.2) is 21.3 Å². The van der Waals surface area contributed by atoms with Crippen LogP contribution < -0.4 is 5.32 Å². The highest BCUT2D eigenvalue weighted by Crippen LogP contribution is 2.15. The van der Waals surface area contributed by atoms with Crippen LogP contribution in [0.3, 0.4) is 0 Å². The van der Waals surface area contributed by atoms with E-state index < -0.39 is 6.09 Å². The van der Waals surface area contributed by atoms with Crippen molar-refractivity contribution < 1.29 is 18.8 Å². The number of nitrogens with zero attached hydrogens (tertiary/aromatic N) is 2. The number of hydrogen-bond donors (Lipinski definition) is 2. The number of halogens is 1. The van der Waals surface area contributed by atoms with E-state index >= 15 is 0 Å². The predicted octanol–water partition coefficient (Wildman–Crippen LogP) is 1.64. The zero-order valence-electron chi connectivity index (χ0n) is 8.55. The molecule has 88 valence electrons. The summed E-state index contributed by atoms with van der Waals surface area (Å²) >= 11 is 0. The van der Waals surface area contributed by atoms with E-state index in [1.807, 2.05) is 0 Å². The average molecular weight is 237 g/mol. The van der Waals surface area contributed by atoms with Crippen LogP contribution in [0, 0.1) is 5.82 Å². The summed E-state index contributed by atoms with van der Waals surface area (Å²) < 4.78 is 17.5. The minimum Gasteiger partial charge on any atom is -0.465 e. The number of rotatable bonds is 3. The van der Waals surface area contributed by atoms with Gasteiger partial charge in [0.1, 0.15) is 12.4 Å². The van der Waals surface area contributed by atoms with Gasteiger partial charge in [-0.15, -0.1) is 0 Å². The number of benzene rings is 1. The molecular formula is C10H8FN3O3. The third-order valence-corrected chi connectivity index (χ3v) is 1.96. The number of nitrogens with one attached hydrogen (secondary N) is 1. The van der Waals surface area contributed by atoms with Gasteiger partial charge in [-0.1, -0.05) is 5.16 Å². The normalized spacial score (nSPS) is 10.2. The smallest absolute Gasteiger partial charge is 0.405 e. The molecule has 0 atom stereocenters. The Balaban J connectivity index is 2.12. The summed E-state index contributed by atoms with van der Waals surface area (Å²) in [5.41, 5.74) is 0.594. The summed E-state index contributed by atoms with van der Waals surface area (Å²) in [5.74, 6) is 0.0731. The molecule has 1 amide bonds. The van der Waals surface area contributed by atoms with Crippen LogP contribution in [0.4, 0.5) is 9.18 Å². The molecule has 2 aromatic rings. The Morgan fingerprint density at radius 1 is 1.41 bits per heavy atom. The molecule has 0 unspecified atom stereocenters. The lowest BCUT2D eigenvalue weighted by molar-refractivity contribution is 0.192. The highest BCUT2D eigenvalue weighted by Gasteiger charge is 2.09. The number of amides is 1. The molecule has 2 N–H and O–H groups in total. The Hall–Kier alpha value is -2.44. The van der Waals surface area contributed by atoms with E-state index in [9.17, 15) is 9.18 Å². The van der Waals surface area contributed by atoms with Gasteiger partial charge >= 0.3 is 6.09 Å². The van der Waals surface area contributed by atoms with Crippen LogP contribution in [-0.2, 0) is 6.54 Å². The van der Waals surface area contributed by atoms with Crippen LogP contribution in [0.2, 0.25) is 0 Å². The molecule has 0 radical (unpaired) electrons. The summed E-state index contributed by atoms with van der Waals surface area (Å²) in [4.78, 5) is 14.2. The van der Waals surface area contributed by atoms with Gasteiger partial charge in [0.15, 0.2) is 0 Å². The van der Waals surface area contributed by atoms with E-state index in [1.165, 1.54) is 24.3 Å². The van der Waals surface area contributed by atoms with Gasteiger partial charge in [0.25, 0.3) is 0 Å². The lowest BCUT2D eigenvalue weighted by Crippen LogP contribution is -2.20. The third kappa shape index (κ3) is 2.77. The summed E-state index contributed by atoms with van der Waals surface area (Å²) in [6.45, 7) is -0.0659. The Kier molecular flexibility index (Phi) is 2.99. The van der Waals surface area contributed by atoms with Gasteiger partial charge in [-0.25, -0.2) is 9.18 Å². The number of aromatic nitrogens is 2. The number of carboxylic acid groups (broad SMARTS) is 1. The molecule has 6 nitrogen and oxygen atoms in total. The minimum atomic E-state index is -1.17. The van der Waals surface area contributed by atoms with Crippen molar-refractivity contribution in [1.82, 2.24) is 15.5 Å². The fourth-order valence-corrected chi connectivity index (χ4v) is 1.19. The standard InChI is InChI=1S/C10H8FN3O3/c11-7-3-1-6(2-4-7)9-13-8(17-14-9)5-12-10(15)16/h1-4,12H,5H2,(H,15,16). The maximum atomic E-state index is 12.7. The molecule has 0 saturated heterocycles. The molecule has 1 heterocycles. The van der Waals surface area contributed by atoms with E-state index in [0.29, 0.717) is 5.56 Å². The molecule has 0 aliphatic rings. The second kappa shape index (κ2) is 4.60. The zero-order valence-corrected chi connectivity index (χ0v) is 8.55. The summed E-state index contributed by atoms with van der Waals surface area (Å²) in [6, 6.07) is 5.57. The van der Waals surface area contributed by atoms with Gasteiger partial charge in [0, 0.05) is 5.56 Å². The first-order valence-corrected chi connectivity index (χ1v) is 4.70. The molecule has 0 saturated carbocycles. The molecule has 0 aliphatic carbocycles. The van der Waals surface area contributed by atoms with Crippen LogP contribution >= 0.6 is 0 Å². The first kappa shape index (κ1) is 11.1. The SMILES string of the molecule is O=C(O)NCc1nc(-c2ccc(F)cc2)no1. The first-order valence-electron chi connectivity index (χ1n) is 4.70. The number of hydrogen-bond acceptors (Lipinski definition) is 4.